The molecule has 0 radical (unpaired) electrons. The van der Waals surface area contributed by atoms with E-state index in [4.69, 9.17) is 4.74 Å². The second-order valence-electron chi connectivity index (χ2n) is 3.83. The molecule has 0 bridgehead atoms. The van der Waals surface area contributed by atoms with Gasteiger partial charge in [0, 0.05) is 26.3 Å². The highest BCUT2D eigenvalue weighted by atomic mass is 79.9. The quantitative estimate of drug-likeness (QED) is 0.886. The van der Waals surface area contributed by atoms with E-state index in [2.05, 4.69) is 26.3 Å². The van der Waals surface area contributed by atoms with E-state index in [0.717, 1.165) is 31.7 Å². The highest BCUT2D eigenvalue weighted by molar-refractivity contribution is 9.10. The Bertz CT molecular complexity index is 427. The summed E-state index contributed by atoms with van der Waals surface area (Å²) in [6.45, 7) is 1.54. The molecule has 88 valence electrons. The van der Waals surface area contributed by atoms with Crippen molar-refractivity contribution in [2.75, 3.05) is 18.5 Å². The molecule has 1 aromatic heterocycles. The lowest BCUT2D eigenvalue weighted by molar-refractivity contribution is 0.0904. The predicted molar refractivity (Wildman–Crippen MR) is 64.6 cm³/mol. The molecule has 1 aliphatic heterocycles. The molecule has 1 aromatic rings. The molecule has 1 saturated heterocycles. The molecule has 6 heteroatoms. The Kier molecular flexibility index (Phi) is 3.60. The fraction of sp³-hybridized carbons (Fsp3) is 0.600. The Labute approximate surface area is 102 Å². The van der Waals surface area contributed by atoms with Crippen molar-refractivity contribution in [1.82, 2.24) is 9.78 Å². The summed E-state index contributed by atoms with van der Waals surface area (Å²) in [6, 6.07) is 0.360. The van der Waals surface area contributed by atoms with Crippen LogP contribution in [0, 0.1) is 0 Å². The van der Waals surface area contributed by atoms with Gasteiger partial charge in [0.05, 0.1) is 11.9 Å². The van der Waals surface area contributed by atoms with Crippen LogP contribution in [0.15, 0.2) is 15.5 Å². The lowest BCUT2D eigenvalue weighted by atomic mass is 10.1. The monoisotopic (exact) mass is 287 g/mol. The Balaban J connectivity index is 2.15. The van der Waals surface area contributed by atoms with Gasteiger partial charge in [-0.25, -0.2) is 4.68 Å². The third kappa shape index (κ3) is 2.44. The molecular formula is C10H14BrN3O2. The molecule has 0 aromatic carbocycles. The van der Waals surface area contributed by atoms with Crippen LogP contribution in [0.5, 0.6) is 0 Å². The zero-order valence-corrected chi connectivity index (χ0v) is 10.7. The van der Waals surface area contributed by atoms with Crippen LogP contribution in [0.1, 0.15) is 12.8 Å². The van der Waals surface area contributed by atoms with Crippen molar-refractivity contribution < 1.29 is 4.74 Å². The average molecular weight is 288 g/mol. The first kappa shape index (κ1) is 11.6. The molecule has 0 spiro atoms. The Morgan fingerprint density at radius 3 is 2.94 bits per heavy atom. The number of nitrogens with one attached hydrogen (secondary N) is 1. The van der Waals surface area contributed by atoms with Gasteiger partial charge in [-0.1, -0.05) is 0 Å². The van der Waals surface area contributed by atoms with Gasteiger partial charge in [-0.3, -0.25) is 4.79 Å². The van der Waals surface area contributed by atoms with Crippen molar-refractivity contribution in [1.29, 1.82) is 0 Å². The maximum Gasteiger partial charge on any atom is 0.282 e. The summed E-state index contributed by atoms with van der Waals surface area (Å²) in [5.41, 5.74) is 0.632. The molecule has 5 nitrogen and oxygen atoms in total. The number of hydrogen-bond donors (Lipinski definition) is 1. The summed E-state index contributed by atoms with van der Waals surface area (Å²) in [4.78, 5) is 11.6. The van der Waals surface area contributed by atoms with Gasteiger partial charge in [-0.05, 0) is 28.8 Å². The Morgan fingerprint density at radius 2 is 2.25 bits per heavy atom. The zero-order chi connectivity index (χ0) is 11.5. The second-order valence-corrected chi connectivity index (χ2v) is 4.62. The fourth-order valence-electron chi connectivity index (χ4n) is 1.67. The first-order chi connectivity index (χ1) is 7.68. The fourth-order valence-corrected chi connectivity index (χ4v) is 2.15. The van der Waals surface area contributed by atoms with Gasteiger partial charge in [0.15, 0.2) is 0 Å². The van der Waals surface area contributed by atoms with Crippen molar-refractivity contribution in [2.24, 2.45) is 7.05 Å². The molecule has 2 rings (SSSR count). The van der Waals surface area contributed by atoms with E-state index in [1.807, 2.05) is 0 Å². The number of rotatable bonds is 2. The molecule has 1 N–H and O–H groups in total. The highest BCUT2D eigenvalue weighted by Crippen LogP contribution is 2.20. The largest absolute Gasteiger partial charge is 0.381 e. The third-order valence-electron chi connectivity index (χ3n) is 2.66. The summed E-state index contributed by atoms with van der Waals surface area (Å²) in [5, 5.41) is 7.30. The summed E-state index contributed by atoms with van der Waals surface area (Å²) in [7, 11) is 1.63. The van der Waals surface area contributed by atoms with E-state index in [9.17, 15) is 4.79 Å². The second kappa shape index (κ2) is 4.97. The van der Waals surface area contributed by atoms with E-state index in [1.165, 1.54) is 4.68 Å². The Morgan fingerprint density at radius 1 is 1.56 bits per heavy atom. The van der Waals surface area contributed by atoms with Crippen LogP contribution >= 0.6 is 15.9 Å². The molecular weight excluding hydrogens is 274 g/mol. The van der Waals surface area contributed by atoms with Crippen LogP contribution in [0.4, 0.5) is 5.69 Å². The topological polar surface area (TPSA) is 56.1 Å². The maximum atomic E-state index is 11.6. The number of ether oxygens (including phenoxy) is 1. The van der Waals surface area contributed by atoms with Crippen molar-refractivity contribution in [2.45, 2.75) is 18.9 Å². The van der Waals surface area contributed by atoms with Gasteiger partial charge < -0.3 is 10.1 Å². The van der Waals surface area contributed by atoms with Crippen LogP contribution in [0.25, 0.3) is 0 Å². The molecule has 0 unspecified atom stereocenters. The summed E-state index contributed by atoms with van der Waals surface area (Å²) in [6.07, 6.45) is 3.59. The van der Waals surface area contributed by atoms with Gasteiger partial charge in [0.2, 0.25) is 0 Å². The van der Waals surface area contributed by atoms with Gasteiger partial charge in [0.25, 0.3) is 5.56 Å². The number of aryl methyl sites for hydroxylation is 1. The van der Waals surface area contributed by atoms with Gasteiger partial charge in [-0.15, -0.1) is 0 Å². The van der Waals surface area contributed by atoms with Crippen LogP contribution in [-0.2, 0) is 11.8 Å². The first-order valence-electron chi connectivity index (χ1n) is 5.24. The smallest absolute Gasteiger partial charge is 0.282 e. The lowest BCUT2D eigenvalue weighted by Crippen LogP contribution is -2.30. The summed E-state index contributed by atoms with van der Waals surface area (Å²) in [5.74, 6) is 0. The van der Waals surface area contributed by atoms with E-state index >= 15 is 0 Å². The van der Waals surface area contributed by atoms with E-state index < -0.39 is 0 Å². The van der Waals surface area contributed by atoms with Gasteiger partial charge >= 0.3 is 0 Å². The van der Waals surface area contributed by atoms with Crippen LogP contribution < -0.4 is 10.9 Å². The minimum absolute atomic E-state index is 0.128. The number of halogens is 1. The molecule has 2 heterocycles. The first-order valence-corrected chi connectivity index (χ1v) is 6.04. The zero-order valence-electron chi connectivity index (χ0n) is 9.07. The summed E-state index contributed by atoms with van der Waals surface area (Å²) >= 11 is 3.29. The molecule has 0 amide bonds. The number of aromatic nitrogens is 2. The standard InChI is InChI=1S/C10H14BrN3O2/c1-14-10(15)9(11)8(6-12-14)13-7-2-4-16-5-3-7/h6-7,13H,2-5H2,1H3. The van der Waals surface area contributed by atoms with E-state index in [1.54, 1.807) is 13.2 Å². The number of anilines is 1. The van der Waals surface area contributed by atoms with Crippen LogP contribution in [-0.4, -0.2) is 29.0 Å². The lowest BCUT2D eigenvalue weighted by Gasteiger charge is -2.24. The van der Waals surface area contributed by atoms with Crippen molar-refractivity contribution in [3.63, 3.8) is 0 Å². The average Bonchev–Trinajstić information content (AvgIpc) is 2.31. The van der Waals surface area contributed by atoms with Crippen molar-refractivity contribution in [3.8, 4) is 0 Å². The maximum absolute atomic E-state index is 11.6. The third-order valence-corrected chi connectivity index (χ3v) is 3.43. The SMILES string of the molecule is Cn1ncc(NC2CCOCC2)c(Br)c1=O. The van der Waals surface area contributed by atoms with Crippen LogP contribution in [0.2, 0.25) is 0 Å². The normalized spacial score (nSPS) is 17.4. The van der Waals surface area contributed by atoms with Gasteiger partial charge in [0.1, 0.15) is 4.47 Å². The number of nitrogens with zero attached hydrogens (tertiary/aromatic N) is 2. The van der Waals surface area contributed by atoms with Gasteiger partial charge in [-0.2, -0.15) is 5.10 Å². The highest BCUT2D eigenvalue weighted by Gasteiger charge is 2.15. The predicted octanol–water partition coefficient (Wildman–Crippen LogP) is 1.13. The molecule has 16 heavy (non-hydrogen) atoms. The molecule has 0 atom stereocenters. The molecule has 0 aliphatic carbocycles. The molecule has 1 aliphatic rings. The summed E-state index contributed by atoms with van der Waals surface area (Å²) < 4.78 is 7.12. The van der Waals surface area contributed by atoms with Crippen molar-refractivity contribution in [3.05, 3.63) is 21.0 Å². The minimum atomic E-state index is -0.128. The minimum Gasteiger partial charge on any atom is -0.381 e. The molecule has 1 fully saturated rings. The van der Waals surface area contributed by atoms with E-state index in [-0.39, 0.29) is 5.56 Å². The Hall–Kier alpha value is -0.880. The van der Waals surface area contributed by atoms with Crippen molar-refractivity contribution >= 4 is 21.6 Å². The number of hydrogen-bond acceptors (Lipinski definition) is 4. The molecule has 0 saturated carbocycles. The van der Waals surface area contributed by atoms with Crippen LogP contribution in [0.3, 0.4) is 0 Å². The van der Waals surface area contributed by atoms with E-state index in [0.29, 0.717) is 10.5 Å².